The van der Waals surface area contributed by atoms with E-state index in [0.717, 1.165) is 6.42 Å². The Morgan fingerprint density at radius 2 is 2.19 bits per heavy atom. The van der Waals surface area contributed by atoms with Crippen LogP contribution in [0.25, 0.3) is 5.69 Å². The fourth-order valence-electron chi connectivity index (χ4n) is 1.84. The van der Waals surface area contributed by atoms with Crippen molar-refractivity contribution in [2.75, 3.05) is 18.9 Å². The molecule has 1 aromatic carbocycles. The summed E-state index contributed by atoms with van der Waals surface area (Å²) in [6, 6.07) is 5.46. The second kappa shape index (κ2) is 6.78. The van der Waals surface area contributed by atoms with Crippen LogP contribution in [0.3, 0.4) is 0 Å². The van der Waals surface area contributed by atoms with Crippen molar-refractivity contribution in [3.63, 3.8) is 0 Å². The Morgan fingerprint density at radius 3 is 2.90 bits per heavy atom. The molecule has 2 N–H and O–H groups in total. The highest BCUT2D eigenvalue weighted by Crippen LogP contribution is 2.28. The molecule has 0 bridgehead atoms. The SMILES string of the molecule is CCCOc1cccc(-n2cc(C(=O)OCC)cn2)c1N. The summed E-state index contributed by atoms with van der Waals surface area (Å²) in [6.45, 7) is 4.71. The number of nitrogens with zero attached hydrogens (tertiary/aromatic N) is 2. The van der Waals surface area contributed by atoms with Gasteiger partial charge in [-0.1, -0.05) is 13.0 Å². The van der Waals surface area contributed by atoms with E-state index in [1.165, 1.54) is 6.20 Å². The number of carbonyl (C=O) groups is 1. The van der Waals surface area contributed by atoms with E-state index >= 15 is 0 Å². The van der Waals surface area contributed by atoms with Gasteiger partial charge in [0.1, 0.15) is 11.4 Å². The number of benzene rings is 1. The Kier molecular flexibility index (Phi) is 4.81. The first-order chi connectivity index (χ1) is 10.2. The Balaban J connectivity index is 2.28. The van der Waals surface area contributed by atoms with Crippen molar-refractivity contribution in [3.05, 3.63) is 36.2 Å². The third-order valence-corrected chi connectivity index (χ3v) is 2.85. The molecule has 0 atom stereocenters. The average molecular weight is 289 g/mol. The topological polar surface area (TPSA) is 79.4 Å². The molecular weight excluding hydrogens is 270 g/mol. The van der Waals surface area contributed by atoms with Crippen LogP contribution in [0.5, 0.6) is 5.75 Å². The van der Waals surface area contributed by atoms with Crippen LogP contribution < -0.4 is 10.5 Å². The summed E-state index contributed by atoms with van der Waals surface area (Å²) in [5.74, 6) is 0.211. The summed E-state index contributed by atoms with van der Waals surface area (Å²) >= 11 is 0. The number of anilines is 1. The van der Waals surface area contributed by atoms with Gasteiger partial charge in [0.25, 0.3) is 0 Å². The minimum absolute atomic E-state index is 0.326. The lowest BCUT2D eigenvalue weighted by atomic mass is 10.2. The van der Waals surface area contributed by atoms with Crippen LogP contribution in [0.1, 0.15) is 30.6 Å². The molecular formula is C15H19N3O3. The van der Waals surface area contributed by atoms with Crippen LogP contribution in [-0.2, 0) is 4.74 Å². The lowest BCUT2D eigenvalue weighted by Gasteiger charge is -2.11. The maximum atomic E-state index is 11.7. The molecule has 2 rings (SSSR count). The summed E-state index contributed by atoms with van der Waals surface area (Å²) in [4.78, 5) is 11.7. The molecule has 0 aliphatic rings. The molecule has 0 aliphatic carbocycles. The number of hydrogen-bond acceptors (Lipinski definition) is 5. The quantitative estimate of drug-likeness (QED) is 0.652. The number of nitrogen functional groups attached to an aromatic ring is 1. The maximum absolute atomic E-state index is 11.7. The zero-order valence-electron chi connectivity index (χ0n) is 12.2. The van der Waals surface area contributed by atoms with E-state index in [-0.39, 0.29) is 0 Å². The number of rotatable bonds is 6. The Bertz CT molecular complexity index is 622. The number of hydrogen-bond donors (Lipinski definition) is 1. The van der Waals surface area contributed by atoms with E-state index < -0.39 is 5.97 Å². The van der Waals surface area contributed by atoms with Gasteiger partial charge in [0.2, 0.25) is 0 Å². The van der Waals surface area contributed by atoms with E-state index in [4.69, 9.17) is 15.2 Å². The molecule has 0 amide bonds. The summed E-state index contributed by atoms with van der Waals surface area (Å²) in [5, 5.41) is 4.15. The van der Waals surface area contributed by atoms with Gasteiger partial charge >= 0.3 is 5.97 Å². The summed E-state index contributed by atoms with van der Waals surface area (Å²) < 4.78 is 12.1. The highest BCUT2D eigenvalue weighted by Gasteiger charge is 2.13. The predicted octanol–water partition coefficient (Wildman–Crippen LogP) is 2.42. The maximum Gasteiger partial charge on any atom is 0.341 e. The van der Waals surface area contributed by atoms with Gasteiger partial charge in [0, 0.05) is 6.20 Å². The van der Waals surface area contributed by atoms with Crippen molar-refractivity contribution < 1.29 is 14.3 Å². The summed E-state index contributed by atoms with van der Waals surface area (Å²) in [7, 11) is 0. The molecule has 6 heteroatoms. The minimum Gasteiger partial charge on any atom is -0.491 e. The van der Waals surface area contributed by atoms with E-state index in [1.807, 2.05) is 25.1 Å². The molecule has 0 saturated carbocycles. The van der Waals surface area contributed by atoms with Crippen molar-refractivity contribution in [2.45, 2.75) is 20.3 Å². The van der Waals surface area contributed by atoms with Gasteiger partial charge in [-0.25, -0.2) is 9.48 Å². The molecule has 0 spiro atoms. The van der Waals surface area contributed by atoms with Crippen LogP contribution in [0.15, 0.2) is 30.6 Å². The second-order valence-electron chi connectivity index (χ2n) is 4.43. The van der Waals surface area contributed by atoms with E-state index in [0.29, 0.717) is 35.9 Å². The van der Waals surface area contributed by atoms with E-state index in [9.17, 15) is 4.79 Å². The van der Waals surface area contributed by atoms with Crippen LogP contribution in [0.4, 0.5) is 5.69 Å². The Labute approximate surface area is 123 Å². The largest absolute Gasteiger partial charge is 0.491 e. The lowest BCUT2D eigenvalue weighted by Crippen LogP contribution is -2.05. The number of nitrogens with two attached hydrogens (primary N) is 1. The third kappa shape index (κ3) is 3.34. The van der Waals surface area contributed by atoms with Crippen LogP contribution in [0.2, 0.25) is 0 Å². The average Bonchev–Trinajstić information content (AvgIpc) is 2.96. The molecule has 6 nitrogen and oxygen atoms in total. The normalized spacial score (nSPS) is 10.4. The van der Waals surface area contributed by atoms with Gasteiger partial charge in [-0.3, -0.25) is 0 Å². The summed E-state index contributed by atoms with van der Waals surface area (Å²) in [6.07, 6.45) is 3.95. The first-order valence-corrected chi connectivity index (χ1v) is 6.90. The number of aromatic nitrogens is 2. The number of ether oxygens (including phenoxy) is 2. The van der Waals surface area contributed by atoms with E-state index in [2.05, 4.69) is 5.10 Å². The lowest BCUT2D eigenvalue weighted by molar-refractivity contribution is 0.0526. The fourth-order valence-corrected chi connectivity index (χ4v) is 1.84. The molecule has 0 unspecified atom stereocenters. The standard InChI is InChI=1S/C15H19N3O3/c1-3-8-21-13-7-5-6-12(14(13)16)18-10-11(9-17-18)15(19)20-4-2/h5-7,9-10H,3-4,8,16H2,1-2H3. The number of carbonyl (C=O) groups excluding carboxylic acids is 1. The van der Waals surface area contributed by atoms with E-state index in [1.54, 1.807) is 17.8 Å². The Hall–Kier alpha value is -2.50. The molecule has 0 fully saturated rings. The number of para-hydroxylation sites is 1. The molecule has 2 aromatic rings. The minimum atomic E-state index is -0.402. The van der Waals surface area contributed by atoms with Crippen molar-refractivity contribution in [2.24, 2.45) is 0 Å². The second-order valence-corrected chi connectivity index (χ2v) is 4.43. The van der Waals surface area contributed by atoms with Gasteiger partial charge < -0.3 is 15.2 Å². The highest BCUT2D eigenvalue weighted by molar-refractivity contribution is 5.89. The van der Waals surface area contributed by atoms with Gasteiger partial charge in [0.05, 0.1) is 30.7 Å². The van der Waals surface area contributed by atoms with Gasteiger partial charge in [0.15, 0.2) is 0 Å². The van der Waals surface area contributed by atoms with Gasteiger partial charge in [-0.05, 0) is 25.5 Å². The van der Waals surface area contributed by atoms with Gasteiger partial charge in [-0.15, -0.1) is 0 Å². The highest BCUT2D eigenvalue weighted by atomic mass is 16.5. The molecule has 1 aromatic heterocycles. The van der Waals surface area contributed by atoms with Crippen molar-refractivity contribution in [1.82, 2.24) is 9.78 Å². The number of esters is 1. The molecule has 0 radical (unpaired) electrons. The van der Waals surface area contributed by atoms with Crippen LogP contribution >= 0.6 is 0 Å². The molecule has 0 aliphatic heterocycles. The molecule has 1 heterocycles. The van der Waals surface area contributed by atoms with Crippen LogP contribution in [-0.4, -0.2) is 29.0 Å². The first-order valence-electron chi connectivity index (χ1n) is 6.90. The molecule has 21 heavy (non-hydrogen) atoms. The molecule has 112 valence electrons. The zero-order valence-corrected chi connectivity index (χ0v) is 12.2. The van der Waals surface area contributed by atoms with Gasteiger partial charge in [-0.2, -0.15) is 5.10 Å². The first kappa shape index (κ1) is 14.9. The van der Waals surface area contributed by atoms with Crippen molar-refractivity contribution >= 4 is 11.7 Å². The Morgan fingerprint density at radius 1 is 1.38 bits per heavy atom. The third-order valence-electron chi connectivity index (χ3n) is 2.85. The van der Waals surface area contributed by atoms with Crippen molar-refractivity contribution in [1.29, 1.82) is 0 Å². The smallest absolute Gasteiger partial charge is 0.341 e. The zero-order chi connectivity index (χ0) is 15.2. The summed E-state index contributed by atoms with van der Waals surface area (Å²) in [5.41, 5.74) is 7.64. The van der Waals surface area contributed by atoms with Crippen LogP contribution in [0, 0.1) is 0 Å². The molecule has 0 saturated heterocycles. The monoisotopic (exact) mass is 289 g/mol. The van der Waals surface area contributed by atoms with Crippen molar-refractivity contribution in [3.8, 4) is 11.4 Å². The fraction of sp³-hybridized carbons (Fsp3) is 0.333. The predicted molar refractivity (Wildman–Crippen MR) is 79.7 cm³/mol.